The molecule has 0 N–H and O–H groups in total. The van der Waals surface area contributed by atoms with Crippen LogP contribution in [0.1, 0.15) is 90.4 Å². The molecule has 0 aromatic carbocycles. The zero-order valence-electron chi connectivity index (χ0n) is 17.3. The van der Waals surface area contributed by atoms with E-state index in [4.69, 9.17) is 14.2 Å². The lowest BCUT2D eigenvalue weighted by Crippen LogP contribution is -2.27. The van der Waals surface area contributed by atoms with Crippen molar-refractivity contribution in [3.05, 3.63) is 25.3 Å². The number of hydrogen-bond acceptors (Lipinski definition) is 4. The Morgan fingerprint density at radius 2 is 1.96 bits per heavy atom. The van der Waals surface area contributed by atoms with Crippen molar-refractivity contribution in [2.45, 2.75) is 109 Å². The Labute approximate surface area is 166 Å². The summed E-state index contributed by atoms with van der Waals surface area (Å²) in [4.78, 5) is 12.2. The molecule has 4 nitrogen and oxygen atoms in total. The molecule has 1 unspecified atom stereocenters. The lowest BCUT2D eigenvalue weighted by atomic mass is 10.1. The van der Waals surface area contributed by atoms with Gasteiger partial charge >= 0.3 is 5.97 Å². The molecule has 0 aromatic rings. The quantitative estimate of drug-likeness (QED) is 0.184. The van der Waals surface area contributed by atoms with Crippen molar-refractivity contribution in [1.29, 1.82) is 0 Å². The van der Waals surface area contributed by atoms with Crippen molar-refractivity contribution in [3.8, 4) is 0 Å². The minimum atomic E-state index is -0.126. The zero-order valence-corrected chi connectivity index (χ0v) is 17.3. The molecule has 0 aliphatic carbocycles. The first kappa shape index (κ1) is 23.9. The average Bonchev–Trinajstić information content (AvgIpc) is 2.68. The van der Waals surface area contributed by atoms with E-state index in [1.54, 1.807) is 6.08 Å². The van der Waals surface area contributed by atoms with Gasteiger partial charge in [0.1, 0.15) is 6.10 Å². The molecule has 0 bridgehead atoms. The van der Waals surface area contributed by atoms with Crippen LogP contribution in [0.3, 0.4) is 0 Å². The van der Waals surface area contributed by atoms with Crippen molar-refractivity contribution in [1.82, 2.24) is 0 Å². The second-order valence-corrected chi connectivity index (χ2v) is 7.44. The predicted octanol–water partition coefficient (Wildman–Crippen LogP) is 6.10. The van der Waals surface area contributed by atoms with E-state index in [0.29, 0.717) is 6.42 Å². The third kappa shape index (κ3) is 12.0. The standard InChI is InChI=1S/C23H40O4/c1-4-7-8-9-10-15-21(14-5-2)26-22(24)17-13-16-20(6-3)27-23-18-11-12-19-25-23/h5-6,20-21,23H,2-4,7-19H2,1H3/t20-,21-,23?/m0/s1. The van der Waals surface area contributed by atoms with Crippen LogP contribution in [0.5, 0.6) is 0 Å². The van der Waals surface area contributed by atoms with Gasteiger partial charge in [0.2, 0.25) is 0 Å². The molecule has 3 atom stereocenters. The summed E-state index contributed by atoms with van der Waals surface area (Å²) in [5, 5.41) is 0. The van der Waals surface area contributed by atoms with Gasteiger partial charge in [-0.1, -0.05) is 44.8 Å². The monoisotopic (exact) mass is 380 g/mol. The van der Waals surface area contributed by atoms with Gasteiger partial charge in [-0.25, -0.2) is 0 Å². The van der Waals surface area contributed by atoms with E-state index < -0.39 is 0 Å². The first-order valence-electron chi connectivity index (χ1n) is 10.9. The molecule has 1 heterocycles. The maximum atomic E-state index is 12.2. The second kappa shape index (κ2) is 15.9. The third-order valence-electron chi connectivity index (χ3n) is 4.95. The van der Waals surface area contributed by atoms with Gasteiger partial charge < -0.3 is 14.2 Å². The first-order chi connectivity index (χ1) is 13.2. The molecule has 27 heavy (non-hydrogen) atoms. The highest BCUT2D eigenvalue weighted by Gasteiger charge is 2.19. The van der Waals surface area contributed by atoms with Crippen LogP contribution in [0.15, 0.2) is 25.3 Å². The molecule has 0 saturated carbocycles. The molecule has 1 saturated heterocycles. The predicted molar refractivity (Wildman–Crippen MR) is 111 cm³/mol. The number of unbranched alkanes of at least 4 members (excludes halogenated alkanes) is 4. The van der Waals surface area contributed by atoms with Gasteiger partial charge in [0.05, 0.1) is 6.10 Å². The summed E-state index contributed by atoms with van der Waals surface area (Å²) in [6.07, 6.45) is 16.3. The lowest BCUT2D eigenvalue weighted by Gasteiger charge is -2.26. The minimum Gasteiger partial charge on any atom is -0.462 e. The van der Waals surface area contributed by atoms with Gasteiger partial charge in [-0.3, -0.25) is 4.79 Å². The number of ether oxygens (including phenoxy) is 3. The summed E-state index contributed by atoms with van der Waals surface area (Å²) in [5.41, 5.74) is 0. The molecule has 1 aliphatic heterocycles. The van der Waals surface area contributed by atoms with E-state index >= 15 is 0 Å². The van der Waals surface area contributed by atoms with E-state index in [2.05, 4.69) is 20.1 Å². The Kier molecular flexibility index (Phi) is 14.1. The fourth-order valence-electron chi connectivity index (χ4n) is 3.33. The van der Waals surface area contributed by atoms with Gasteiger partial charge in [-0.15, -0.1) is 13.2 Å². The Balaban J connectivity index is 2.21. The van der Waals surface area contributed by atoms with Crippen LogP contribution < -0.4 is 0 Å². The Morgan fingerprint density at radius 3 is 2.63 bits per heavy atom. The molecule has 0 amide bonds. The maximum Gasteiger partial charge on any atom is 0.306 e. The maximum absolute atomic E-state index is 12.2. The summed E-state index contributed by atoms with van der Waals surface area (Å²) >= 11 is 0. The summed E-state index contributed by atoms with van der Waals surface area (Å²) in [6, 6.07) is 0. The van der Waals surface area contributed by atoms with Gasteiger partial charge in [0.25, 0.3) is 0 Å². The number of carbonyl (C=O) groups is 1. The van der Waals surface area contributed by atoms with Crippen molar-refractivity contribution in [2.24, 2.45) is 0 Å². The normalized spacial score (nSPS) is 19.2. The zero-order chi connectivity index (χ0) is 19.7. The van der Waals surface area contributed by atoms with E-state index in [1.807, 2.05) is 6.08 Å². The number of hydrogen-bond donors (Lipinski definition) is 0. The molecule has 156 valence electrons. The van der Waals surface area contributed by atoms with Crippen molar-refractivity contribution < 1.29 is 19.0 Å². The van der Waals surface area contributed by atoms with Gasteiger partial charge in [-0.2, -0.15) is 0 Å². The van der Waals surface area contributed by atoms with Crippen LogP contribution in [0.25, 0.3) is 0 Å². The average molecular weight is 381 g/mol. The molecule has 4 heteroatoms. The van der Waals surface area contributed by atoms with E-state index in [9.17, 15) is 4.79 Å². The minimum absolute atomic E-state index is 0.0290. The molecular formula is C23H40O4. The molecule has 1 fully saturated rings. The highest BCUT2D eigenvalue weighted by molar-refractivity contribution is 5.69. The fourth-order valence-corrected chi connectivity index (χ4v) is 3.33. The van der Waals surface area contributed by atoms with Crippen LogP contribution in [0, 0.1) is 0 Å². The molecular weight excluding hydrogens is 340 g/mol. The number of carbonyl (C=O) groups excluding carboxylic acids is 1. The van der Waals surface area contributed by atoms with Crippen LogP contribution in [0.2, 0.25) is 0 Å². The Bertz CT molecular complexity index is 401. The van der Waals surface area contributed by atoms with Gasteiger partial charge in [-0.05, 0) is 44.9 Å². The third-order valence-corrected chi connectivity index (χ3v) is 4.95. The summed E-state index contributed by atoms with van der Waals surface area (Å²) in [7, 11) is 0. The SMILES string of the molecule is C=CC[C@@H](CCCCCCC)OC(=O)CCC[C@H](C=C)OC1CCCCO1. The summed E-state index contributed by atoms with van der Waals surface area (Å²) < 4.78 is 17.2. The van der Waals surface area contributed by atoms with Crippen LogP contribution in [0.4, 0.5) is 0 Å². The first-order valence-corrected chi connectivity index (χ1v) is 10.9. The number of esters is 1. The highest BCUT2D eigenvalue weighted by atomic mass is 16.7. The van der Waals surface area contributed by atoms with Crippen LogP contribution in [-0.4, -0.2) is 31.1 Å². The highest BCUT2D eigenvalue weighted by Crippen LogP contribution is 2.19. The summed E-state index contributed by atoms with van der Waals surface area (Å²) in [5.74, 6) is -0.118. The second-order valence-electron chi connectivity index (χ2n) is 7.44. The molecule has 0 radical (unpaired) electrons. The van der Waals surface area contributed by atoms with E-state index in [1.165, 1.54) is 25.7 Å². The molecule has 0 spiro atoms. The van der Waals surface area contributed by atoms with Crippen LogP contribution in [-0.2, 0) is 19.0 Å². The molecule has 0 aromatic heterocycles. The van der Waals surface area contributed by atoms with Crippen molar-refractivity contribution >= 4 is 5.97 Å². The largest absolute Gasteiger partial charge is 0.462 e. The molecule has 1 aliphatic rings. The summed E-state index contributed by atoms with van der Waals surface area (Å²) in [6.45, 7) is 10.6. The van der Waals surface area contributed by atoms with Crippen molar-refractivity contribution in [3.63, 3.8) is 0 Å². The van der Waals surface area contributed by atoms with Crippen LogP contribution >= 0.6 is 0 Å². The lowest BCUT2D eigenvalue weighted by molar-refractivity contribution is -0.179. The van der Waals surface area contributed by atoms with E-state index in [0.717, 1.165) is 58.0 Å². The topological polar surface area (TPSA) is 44.8 Å². The fraction of sp³-hybridized carbons (Fsp3) is 0.783. The smallest absolute Gasteiger partial charge is 0.306 e. The van der Waals surface area contributed by atoms with E-state index in [-0.39, 0.29) is 24.5 Å². The Hall–Kier alpha value is -1.13. The number of rotatable bonds is 16. The van der Waals surface area contributed by atoms with Gasteiger partial charge in [0, 0.05) is 19.4 Å². The molecule has 1 rings (SSSR count). The van der Waals surface area contributed by atoms with Crippen molar-refractivity contribution in [2.75, 3.05) is 6.61 Å². The Morgan fingerprint density at radius 1 is 1.15 bits per heavy atom. The van der Waals surface area contributed by atoms with Gasteiger partial charge in [0.15, 0.2) is 6.29 Å².